The van der Waals surface area contributed by atoms with Gasteiger partial charge in [0.25, 0.3) is 0 Å². The SMILES string of the molecule is CCCCCC1CCC(c2ccc(C#N)cc2)C(=O)C1. The topological polar surface area (TPSA) is 40.9 Å². The zero-order valence-electron chi connectivity index (χ0n) is 12.3. The summed E-state index contributed by atoms with van der Waals surface area (Å²) in [5, 5.41) is 8.81. The van der Waals surface area contributed by atoms with Crippen LogP contribution in [0.4, 0.5) is 0 Å². The molecular formula is C18H23NO. The molecule has 1 aliphatic rings. The Morgan fingerprint density at radius 3 is 2.55 bits per heavy atom. The van der Waals surface area contributed by atoms with Crippen LogP contribution in [0.3, 0.4) is 0 Å². The van der Waals surface area contributed by atoms with E-state index in [0.29, 0.717) is 17.3 Å². The second-order valence-corrected chi connectivity index (χ2v) is 5.90. The maximum absolute atomic E-state index is 12.3. The molecule has 106 valence electrons. The normalized spacial score (nSPS) is 22.5. The van der Waals surface area contributed by atoms with Gasteiger partial charge in [-0.3, -0.25) is 4.79 Å². The van der Waals surface area contributed by atoms with E-state index in [0.717, 1.165) is 18.4 Å². The minimum atomic E-state index is 0.0603. The molecule has 1 aromatic rings. The first-order valence-electron chi connectivity index (χ1n) is 7.77. The first-order valence-corrected chi connectivity index (χ1v) is 7.77. The Hall–Kier alpha value is -1.62. The molecule has 1 aliphatic carbocycles. The first-order chi connectivity index (χ1) is 9.74. The third-order valence-electron chi connectivity index (χ3n) is 4.40. The van der Waals surface area contributed by atoms with Crippen molar-refractivity contribution >= 4 is 5.78 Å². The molecule has 2 atom stereocenters. The summed E-state index contributed by atoms with van der Waals surface area (Å²) in [5.74, 6) is 1.05. The molecule has 2 nitrogen and oxygen atoms in total. The van der Waals surface area contributed by atoms with Gasteiger partial charge >= 0.3 is 0 Å². The van der Waals surface area contributed by atoms with E-state index in [9.17, 15) is 4.79 Å². The van der Waals surface area contributed by atoms with Crippen molar-refractivity contribution in [3.63, 3.8) is 0 Å². The zero-order valence-corrected chi connectivity index (χ0v) is 12.3. The second kappa shape index (κ2) is 7.24. The van der Waals surface area contributed by atoms with Gasteiger partial charge in [-0.15, -0.1) is 0 Å². The molecule has 1 aromatic carbocycles. The maximum Gasteiger partial charge on any atom is 0.140 e. The monoisotopic (exact) mass is 269 g/mol. The molecular weight excluding hydrogens is 246 g/mol. The fourth-order valence-electron chi connectivity index (χ4n) is 3.16. The van der Waals surface area contributed by atoms with Gasteiger partial charge in [-0.25, -0.2) is 0 Å². The number of unbranched alkanes of at least 4 members (excludes halogenated alkanes) is 2. The number of carbonyl (C=O) groups is 1. The number of hydrogen-bond acceptors (Lipinski definition) is 2. The number of Topliss-reactive ketones (excluding diaryl/α,β-unsaturated/α-hetero) is 1. The lowest BCUT2D eigenvalue weighted by atomic mass is 9.76. The lowest BCUT2D eigenvalue weighted by molar-refractivity contribution is -0.123. The van der Waals surface area contributed by atoms with Gasteiger partial charge in [0.2, 0.25) is 0 Å². The maximum atomic E-state index is 12.3. The van der Waals surface area contributed by atoms with Crippen LogP contribution in [0.15, 0.2) is 24.3 Å². The van der Waals surface area contributed by atoms with Crippen molar-refractivity contribution < 1.29 is 4.79 Å². The van der Waals surface area contributed by atoms with E-state index in [4.69, 9.17) is 5.26 Å². The summed E-state index contributed by atoms with van der Waals surface area (Å²) in [6.45, 7) is 2.22. The third kappa shape index (κ3) is 3.70. The van der Waals surface area contributed by atoms with E-state index in [1.54, 1.807) is 0 Å². The van der Waals surface area contributed by atoms with E-state index >= 15 is 0 Å². The number of carbonyl (C=O) groups excluding carboxylic acids is 1. The van der Waals surface area contributed by atoms with Gasteiger partial charge < -0.3 is 0 Å². The zero-order chi connectivity index (χ0) is 14.4. The highest BCUT2D eigenvalue weighted by molar-refractivity contribution is 5.86. The highest BCUT2D eigenvalue weighted by atomic mass is 16.1. The molecule has 1 fully saturated rings. The molecule has 2 heteroatoms. The molecule has 0 amide bonds. The molecule has 0 aliphatic heterocycles. The van der Waals surface area contributed by atoms with Crippen LogP contribution in [0.5, 0.6) is 0 Å². The fraction of sp³-hybridized carbons (Fsp3) is 0.556. The largest absolute Gasteiger partial charge is 0.299 e. The third-order valence-corrected chi connectivity index (χ3v) is 4.40. The number of benzene rings is 1. The molecule has 0 radical (unpaired) electrons. The number of ketones is 1. The highest BCUT2D eigenvalue weighted by Crippen LogP contribution is 2.35. The minimum absolute atomic E-state index is 0.0603. The average molecular weight is 269 g/mol. The van der Waals surface area contributed by atoms with Crippen LogP contribution >= 0.6 is 0 Å². The Morgan fingerprint density at radius 1 is 1.20 bits per heavy atom. The van der Waals surface area contributed by atoms with Gasteiger partial charge in [-0.1, -0.05) is 44.7 Å². The second-order valence-electron chi connectivity index (χ2n) is 5.90. The van der Waals surface area contributed by atoms with Gasteiger partial charge in [0.05, 0.1) is 11.6 Å². The van der Waals surface area contributed by atoms with Crippen LogP contribution in [0.2, 0.25) is 0 Å². The molecule has 2 rings (SSSR count). The average Bonchev–Trinajstić information content (AvgIpc) is 2.48. The lowest BCUT2D eigenvalue weighted by Crippen LogP contribution is -2.23. The molecule has 1 saturated carbocycles. The van der Waals surface area contributed by atoms with Gasteiger partial charge in [-0.05, 0) is 36.5 Å². The Balaban J connectivity index is 1.92. The van der Waals surface area contributed by atoms with E-state index < -0.39 is 0 Å². The van der Waals surface area contributed by atoms with Crippen molar-refractivity contribution in [2.75, 3.05) is 0 Å². The van der Waals surface area contributed by atoms with Crippen LogP contribution in [0.1, 0.15) is 68.9 Å². The predicted molar refractivity (Wildman–Crippen MR) is 80.4 cm³/mol. The van der Waals surface area contributed by atoms with Crippen molar-refractivity contribution in [3.8, 4) is 6.07 Å². The van der Waals surface area contributed by atoms with Crippen LogP contribution in [0, 0.1) is 17.2 Å². The Morgan fingerprint density at radius 2 is 1.95 bits per heavy atom. The quantitative estimate of drug-likeness (QED) is 0.733. The summed E-state index contributed by atoms with van der Waals surface area (Å²) in [5.41, 5.74) is 1.75. The number of hydrogen-bond donors (Lipinski definition) is 0. The van der Waals surface area contributed by atoms with Crippen LogP contribution in [-0.4, -0.2) is 5.78 Å². The lowest BCUT2D eigenvalue weighted by Gasteiger charge is -2.27. The predicted octanol–water partition coefficient (Wildman–Crippen LogP) is 4.59. The summed E-state index contributed by atoms with van der Waals surface area (Å²) in [4.78, 5) is 12.3. The summed E-state index contributed by atoms with van der Waals surface area (Å²) in [6, 6.07) is 9.64. The Bertz CT molecular complexity index is 483. The smallest absolute Gasteiger partial charge is 0.140 e. The van der Waals surface area contributed by atoms with Crippen molar-refractivity contribution in [1.82, 2.24) is 0 Å². The highest BCUT2D eigenvalue weighted by Gasteiger charge is 2.29. The van der Waals surface area contributed by atoms with Gasteiger partial charge in [-0.2, -0.15) is 5.26 Å². The van der Waals surface area contributed by atoms with Crippen LogP contribution in [-0.2, 0) is 4.79 Å². The number of nitriles is 1. The molecule has 0 aromatic heterocycles. The summed E-state index contributed by atoms with van der Waals surface area (Å²) in [7, 11) is 0. The molecule has 2 unspecified atom stereocenters. The molecule has 0 heterocycles. The number of rotatable bonds is 5. The van der Waals surface area contributed by atoms with Crippen LogP contribution < -0.4 is 0 Å². The summed E-state index contributed by atoms with van der Waals surface area (Å²) < 4.78 is 0. The minimum Gasteiger partial charge on any atom is -0.299 e. The van der Waals surface area contributed by atoms with Gasteiger partial charge in [0, 0.05) is 12.3 Å². The van der Waals surface area contributed by atoms with Crippen LogP contribution in [0.25, 0.3) is 0 Å². The first kappa shape index (κ1) is 14.8. The summed E-state index contributed by atoms with van der Waals surface area (Å²) >= 11 is 0. The Kier molecular flexibility index (Phi) is 5.35. The summed E-state index contributed by atoms with van der Waals surface area (Å²) in [6.07, 6.45) is 7.88. The van der Waals surface area contributed by atoms with E-state index in [-0.39, 0.29) is 5.92 Å². The fourth-order valence-corrected chi connectivity index (χ4v) is 3.16. The Labute approximate surface area is 121 Å². The standard InChI is InChI=1S/C18H23NO/c1-2-3-4-5-14-8-11-17(18(20)12-14)16-9-6-15(13-19)7-10-16/h6-7,9-10,14,17H,2-5,8,11-12H2,1H3. The van der Waals surface area contributed by atoms with E-state index in [1.807, 2.05) is 24.3 Å². The van der Waals surface area contributed by atoms with Gasteiger partial charge in [0.15, 0.2) is 0 Å². The van der Waals surface area contributed by atoms with Crippen molar-refractivity contribution in [1.29, 1.82) is 5.26 Å². The van der Waals surface area contributed by atoms with Crippen molar-refractivity contribution in [2.24, 2.45) is 5.92 Å². The van der Waals surface area contributed by atoms with Crippen molar-refractivity contribution in [2.45, 2.75) is 57.8 Å². The molecule has 0 bridgehead atoms. The molecule has 20 heavy (non-hydrogen) atoms. The van der Waals surface area contributed by atoms with E-state index in [1.165, 1.54) is 32.1 Å². The van der Waals surface area contributed by atoms with Crippen molar-refractivity contribution in [3.05, 3.63) is 35.4 Å². The van der Waals surface area contributed by atoms with Gasteiger partial charge in [0.1, 0.15) is 5.78 Å². The molecule has 0 saturated heterocycles. The molecule has 0 N–H and O–H groups in total. The molecule has 0 spiro atoms. The van der Waals surface area contributed by atoms with E-state index in [2.05, 4.69) is 13.0 Å². The number of nitrogens with zero attached hydrogens (tertiary/aromatic N) is 1.